The fourth-order valence-corrected chi connectivity index (χ4v) is 2.27. The van der Waals surface area contributed by atoms with Crippen molar-refractivity contribution in [3.8, 4) is 0 Å². The zero-order valence-corrected chi connectivity index (χ0v) is 15.5. The molecule has 8 heteroatoms. The second-order valence-electron chi connectivity index (χ2n) is 5.88. The minimum atomic E-state index is -0.919. The number of anilines is 1. The molecule has 0 aliphatic carbocycles. The van der Waals surface area contributed by atoms with Crippen LogP contribution >= 0.6 is 0 Å². The summed E-state index contributed by atoms with van der Waals surface area (Å²) in [6.45, 7) is 0.947. The van der Waals surface area contributed by atoms with Crippen LogP contribution in [0.15, 0.2) is 54.6 Å². The van der Waals surface area contributed by atoms with Crippen molar-refractivity contribution in [2.24, 2.45) is 0 Å². The molecule has 0 aliphatic heterocycles. The van der Waals surface area contributed by atoms with E-state index >= 15 is 0 Å². The number of nitrogens with one attached hydrogen (secondary N) is 3. The molecule has 3 N–H and O–H groups in total. The van der Waals surface area contributed by atoms with Crippen molar-refractivity contribution in [2.45, 2.75) is 13.0 Å². The van der Waals surface area contributed by atoms with E-state index in [9.17, 15) is 19.2 Å². The van der Waals surface area contributed by atoms with Gasteiger partial charge in [-0.15, -0.1) is 0 Å². The van der Waals surface area contributed by atoms with Gasteiger partial charge in [-0.05, 0) is 37.3 Å². The van der Waals surface area contributed by atoms with E-state index in [1.165, 1.54) is 20.0 Å². The molecule has 1 atom stereocenters. The average Bonchev–Trinajstić information content (AvgIpc) is 2.72. The summed E-state index contributed by atoms with van der Waals surface area (Å²) in [5, 5.41) is 7.53. The van der Waals surface area contributed by atoms with E-state index in [0.29, 0.717) is 16.8 Å². The predicted molar refractivity (Wildman–Crippen MR) is 103 cm³/mol. The van der Waals surface area contributed by atoms with Crippen LogP contribution in [0, 0.1) is 0 Å². The fourth-order valence-electron chi connectivity index (χ4n) is 2.27. The van der Waals surface area contributed by atoms with Crippen molar-refractivity contribution >= 4 is 29.4 Å². The molecule has 0 aromatic heterocycles. The van der Waals surface area contributed by atoms with E-state index in [1.54, 1.807) is 48.5 Å². The lowest BCUT2D eigenvalue weighted by atomic mass is 10.2. The smallest absolute Gasteiger partial charge is 0.328 e. The summed E-state index contributed by atoms with van der Waals surface area (Å²) in [5.74, 6) is -2.01. The minimum absolute atomic E-state index is 0.287. The summed E-state index contributed by atoms with van der Waals surface area (Å²) in [4.78, 5) is 47.6. The molecule has 0 aliphatic rings. The largest absolute Gasteiger partial charge is 0.454 e. The molecule has 2 aromatic rings. The highest BCUT2D eigenvalue weighted by molar-refractivity contribution is 5.98. The van der Waals surface area contributed by atoms with E-state index < -0.39 is 30.4 Å². The summed E-state index contributed by atoms with van der Waals surface area (Å²) >= 11 is 0. The number of hydrogen-bond acceptors (Lipinski definition) is 5. The van der Waals surface area contributed by atoms with E-state index in [1.807, 2.05) is 0 Å². The van der Waals surface area contributed by atoms with Crippen molar-refractivity contribution in [1.82, 2.24) is 10.6 Å². The molecule has 3 amide bonds. The van der Waals surface area contributed by atoms with Gasteiger partial charge in [-0.25, -0.2) is 4.79 Å². The normalized spacial score (nSPS) is 11.1. The zero-order valence-electron chi connectivity index (χ0n) is 15.5. The lowest BCUT2D eigenvalue weighted by Gasteiger charge is -2.13. The van der Waals surface area contributed by atoms with E-state index in [0.717, 1.165) is 0 Å². The molecule has 146 valence electrons. The van der Waals surface area contributed by atoms with Crippen LogP contribution in [0.5, 0.6) is 0 Å². The van der Waals surface area contributed by atoms with Crippen LogP contribution < -0.4 is 16.0 Å². The molecule has 0 saturated heterocycles. The first-order chi connectivity index (χ1) is 13.4. The molecule has 0 saturated carbocycles. The van der Waals surface area contributed by atoms with Gasteiger partial charge in [0, 0.05) is 23.9 Å². The Morgan fingerprint density at radius 3 is 2.29 bits per heavy atom. The lowest BCUT2D eigenvalue weighted by molar-refractivity contribution is -0.148. The molecule has 0 spiro atoms. The van der Waals surface area contributed by atoms with Crippen LogP contribution in [0.2, 0.25) is 0 Å². The van der Waals surface area contributed by atoms with Gasteiger partial charge >= 0.3 is 5.97 Å². The number of esters is 1. The molecule has 0 radical (unpaired) electrons. The molecule has 0 unspecified atom stereocenters. The topological polar surface area (TPSA) is 114 Å². The SMILES string of the molecule is CNC(=O)c1cccc(NC(=O)COC(=O)[C@H](C)NC(=O)c2ccccc2)c1. The molecule has 2 aromatic carbocycles. The van der Waals surface area contributed by atoms with Gasteiger partial charge in [0.15, 0.2) is 6.61 Å². The Labute approximate surface area is 162 Å². The van der Waals surface area contributed by atoms with Crippen LogP contribution in [-0.2, 0) is 14.3 Å². The van der Waals surface area contributed by atoms with Crippen molar-refractivity contribution in [1.29, 1.82) is 0 Å². The summed E-state index contributed by atoms with van der Waals surface area (Å²) in [6, 6.07) is 13.8. The van der Waals surface area contributed by atoms with Gasteiger partial charge in [0.05, 0.1) is 0 Å². The van der Waals surface area contributed by atoms with Crippen molar-refractivity contribution in [3.05, 3.63) is 65.7 Å². The third-order valence-electron chi connectivity index (χ3n) is 3.72. The maximum Gasteiger partial charge on any atom is 0.328 e. The number of benzene rings is 2. The van der Waals surface area contributed by atoms with Crippen molar-refractivity contribution in [3.63, 3.8) is 0 Å². The number of carbonyl (C=O) groups excluding carboxylic acids is 4. The Bertz CT molecular complexity index is 867. The lowest BCUT2D eigenvalue weighted by Crippen LogP contribution is -2.40. The average molecular weight is 383 g/mol. The van der Waals surface area contributed by atoms with Crippen LogP contribution in [0.25, 0.3) is 0 Å². The summed E-state index contributed by atoms with van der Waals surface area (Å²) in [7, 11) is 1.50. The number of hydrogen-bond donors (Lipinski definition) is 3. The fraction of sp³-hybridized carbons (Fsp3) is 0.200. The summed E-state index contributed by atoms with van der Waals surface area (Å²) in [5.41, 5.74) is 1.19. The standard InChI is InChI=1S/C20H21N3O5/c1-13(22-19(26)14-7-4-3-5-8-14)20(27)28-12-17(24)23-16-10-6-9-15(11-16)18(25)21-2/h3-11,13H,12H2,1-2H3,(H,21,25)(H,22,26)(H,23,24)/t13-/m0/s1. The molecular formula is C20H21N3O5. The first kappa shape index (κ1) is 20.6. The Morgan fingerprint density at radius 2 is 1.61 bits per heavy atom. The molecular weight excluding hydrogens is 362 g/mol. The molecule has 8 nitrogen and oxygen atoms in total. The minimum Gasteiger partial charge on any atom is -0.454 e. The van der Waals surface area contributed by atoms with Crippen LogP contribution in [0.3, 0.4) is 0 Å². The highest BCUT2D eigenvalue weighted by atomic mass is 16.5. The van der Waals surface area contributed by atoms with Crippen LogP contribution in [-0.4, -0.2) is 43.4 Å². The van der Waals surface area contributed by atoms with E-state index in [4.69, 9.17) is 4.74 Å². The van der Waals surface area contributed by atoms with E-state index in [-0.39, 0.29) is 5.91 Å². The predicted octanol–water partition coefficient (Wildman–Crippen LogP) is 1.35. The maximum absolute atomic E-state index is 12.0. The highest BCUT2D eigenvalue weighted by Gasteiger charge is 2.19. The van der Waals surface area contributed by atoms with Gasteiger partial charge in [0.2, 0.25) is 0 Å². The molecule has 0 heterocycles. The Balaban J connectivity index is 1.82. The summed E-state index contributed by atoms with van der Waals surface area (Å²) in [6.07, 6.45) is 0. The monoisotopic (exact) mass is 383 g/mol. The third-order valence-corrected chi connectivity index (χ3v) is 3.72. The number of rotatable bonds is 7. The van der Waals surface area contributed by atoms with Gasteiger partial charge in [-0.1, -0.05) is 24.3 Å². The van der Waals surface area contributed by atoms with Gasteiger partial charge in [0.1, 0.15) is 6.04 Å². The second kappa shape index (κ2) is 9.86. The molecule has 0 bridgehead atoms. The quantitative estimate of drug-likeness (QED) is 0.625. The van der Waals surface area contributed by atoms with Crippen molar-refractivity contribution < 1.29 is 23.9 Å². The number of amides is 3. The second-order valence-corrected chi connectivity index (χ2v) is 5.88. The van der Waals surface area contributed by atoms with E-state index in [2.05, 4.69) is 16.0 Å². The Morgan fingerprint density at radius 1 is 0.929 bits per heavy atom. The maximum atomic E-state index is 12.0. The Kier molecular flexibility index (Phi) is 7.27. The van der Waals surface area contributed by atoms with Crippen LogP contribution in [0.4, 0.5) is 5.69 Å². The number of ether oxygens (including phenoxy) is 1. The van der Waals surface area contributed by atoms with Crippen molar-refractivity contribution in [2.75, 3.05) is 19.0 Å². The third kappa shape index (κ3) is 5.94. The van der Waals surface area contributed by atoms with Crippen LogP contribution in [0.1, 0.15) is 27.6 Å². The highest BCUT2D eigenvalue weighted by Crippen LogP contribution is 2.10. The van der Waals surface area contributed by atoms with Gasteiger partial charge in [0.25, 0.3) is 17.7 Å². The van der Waals surface area contributed by atoms with Gasteiger partial charge in [-0.3, -0.25) is 14.4 Å². The zero-order chi connectivity index (χ0) is 20.5. The van der Waals surface area contributed by atoms with Gasteiger partial charge < -0.3 is 20.7 Å². The first-order valence-electron chi connectivity index (χ1n) is 8.55. The summed E-state index contributed by atoms with van der Waals surface area (Å²) < 4.78 is 4.93. The van der Waals surface area contributed by atoms with Gasteiger partial charge in [-0.2, -0.15) is 0 Å². The molecule has 0 fully saturated rings. The molecule has 28 heavy (non-hydrogen) atoms. The Hall–Kier alpha value is -3.68. The molecule has 2 rings (SSSR count). The first-order valence-corrected chi connectivity index (χ1v) is 8.55. The number of carbonyl (C=O) groups is 4.